The highest BCUT2D eigenvalue weighted by Crippen LogP contribution is 2.24. The van der Waals surface area contributed by atoms with Crippen molar-refractivity contribution in [3.63, 3.8) is 0 Å². The number of aromatic nitrogens is 1. The molecule has 0 aliphatic carbocycles. The summed E-state index contributed by atoms with van der Waals surface area (Å²) >= 11 is 0. The predicted octanol–water partition coefficient (Wildman–Crippen LogP) is 5.41. The molecule has 3 heteroatoms. The molecule has 1 aromatic heterocycles. The number of hydrogen-bond acceptors (Lipinski definition) is 3. The molecule has 0 saturated carbocycles. The van der Waals surface area contributed by atoms with E-state index in [1.54, 1.807) is 0 Å². The van der Waals surface area contributed by atoms with Crippen molar-refractivity contribution in [1.82, 2.24) is 4.98 Å². The maximum absolute atomic E-state index is 5.86. The van der Waals surface area contributed by atoms with Crippen LogP contribution in [0, 0.1) is 0 Å². The van der Waals surface area contributed by atoms with Crippen molar-refractivity contribution in [2.24, 2.45) is 0 Å². The molecule has 3 nitrogen and oxygen atoms in total. The third-order valence-electron chi connectivity index (χ3n) is 3.67. The number of nitrogens with one attached hydrogen (secondary N) is 1. The Kier molecular flexibility index (Phi) is 4.47. The molecule has 0 radical (unpaired) electrons. The van der Waals surface area contributed by atoms with Crippen LogP contribution in [0.2, 0.25) is 0 Å². The van der Waals surface area contributed by atoms with Gasteiger partial charge in [0.2, 0.25) is 5.88 Å². The van der Waals surface area contributed by atoms with Crippen molar-refractivity contribution < 1.29 is 4.74 Å². The summed E-state index contributed by atoms with van der Waals surface area (Å²) in [5, 5.41) is 4.51. The fourth-order valence-electron chi connectivity index (χ4n) is 2.51. The Morgan fingerprint density at radius 3 is 2.48 bits per heavy atom. The van der Waals surface area contributed by atoms with Crippen molar-refractivity contribution in [2.45, 2.75) is 33.2 Å². The summed E-state index contributed by atoms with van der Waals surface area (Å²) in [5.41, 5.74) is 3.37. The van der Waals surface area contributed by atoms with Crippen molar-refractivity contribution in [3.8, 4) is 11.6 Å². The van der Waals surface area contributed by atoms with Gasteiger partial charge in [0.05, 0.1) is 5.52 Å². The quantitative estimate of drug-likeness (QED) is 0.684. The predicted molar refractivity (Wildman–Crippen MR) is 96.4 cm³/mol. The number of anilines is 1. The lowest BCUT2D eigenvalue weighted by Gasteiger charge is -2.11. The van der Waals surface area contributed by atoms with Crippen LogP contribution in [0.25, 0.3) is 10.9 Å². The van der Waals surface area contributed by atoms with Crippen molar-refractivity contribution in [2.75, 3.05) is 5.32 Å². The first kappa shape index (κ1) is 15.3. The van der Waals surface area contributed by atoms with E-state index in [9.17, 15) is 0 Å². The highest BCUT2D eigenvalue weighted by atomic mass is 16.5. The van der Waals surface area contributed by atoms with Gasteiger partial charge in [-0.1, -0.05) is 13.0 Å². The van der Waals surface area contributed by atoms with E-state index in [1.807, 2.05) is 30.3 Å². The number of hydrogen-bond donors (Lipinski definition) is 1. The molecule has 3 rings (SSSR count). The van der Waals surface area contributed by atoms with E-state index in [0.29, 0.717) is 11.9 Å². The van der Waals surface area contributed by atoms with Crippen LogP contribution in [0.3, 0.4) is 0 Å². The normalized spacial score (nSPS) is 11.0. The van der Waals surface area contributed by atoms with E-state index in [2.05, 4.69) is 55.3 Å². The third kappa shape index (κ3) is 3.81. The SMILES string of the molecule is CCc1ccc2nc(Oc3ccc(NC(C)C)cc3)ccc2c1. The standard InChI is InChI=1S/C20H22N2O/c1-4-15-5-11-19-16(13-15)6-12-20(22-19)23-18-9-7-17(8-10-18)21-14(2)3/h5-14,21H,4H2,1-3H3. The van der Waals surface area contributed by atoms with Gasteiger partial charge >= 0.3 is 0 Å². The van der Waals surface area contributed by atoms with Crippen LogP contribution in [0.4, 0.5) is 5.69 Å². The van der Waals surface area contributed by atoms with Gasteiger partial charge in [-0.15, -0.1) is 0 Å². The molecular weight excluding hydrogens is 284 g/mol. The zero-order valence-electron chi connectivity index (χ0n) is 13.8. The Morgan fingerprint density at radius 2 is 1.78 bits per heavy atom. The summed E-state index contributed by atoms with van der Waals surface area (Å²) in [5.74, 6) is 1.41. The molecule has 1 N–H and O–H groups in total. The monoisotopic (exact) mass is 306 g/mol. The van der Waals surface area contributed by atoms with Crippen LogP contribution in [-0.2, 0) is 6.42 Å². The topological polar surface area (TPSA) is 34.1 Å². The molecule has 0 saturated heterocycles. The Labute approximate surface area is 137 Å². The second-order valence-corrected chi connectivity index (χ2v) is 5.96. The molecular formula is C20H22N2O. The molecule has 0 aliphatic rings. The van der Waals surface area contributed by atoms with Crippen LogP contribution >= 0.6 is 0 Å². The Morgan fingerprint density at radius 1 is 1.00 bits per heavy atom. The summed E-state index contributed by atoms with van der Waals surface area (Å²) in [6.07, 6.45) is 1.03. The van der Waals surface area contributed by atoms with Gasteiger partial charge < -0.3 is 10.1 Å². The summed E-state index contributed by atoms with van der Waals surface area (Å²) < 4.78 is 5.86. The van der Waals surface area contributed by atoms with Crippen LogP contribution in [-0.4, -0.2) is 11.0 Å². The first-order valence-electron chi connectivity index (χ1n) is 8.08. The van der Waals surface area contributed by atoms with Crippen LogP contribution in [0.5, 0.6) is 11.6 Å². The zero-order chi connectivity index (χ0) is 16.2. The van der Waals surface area contributed by atoms with Crippen LogP contribution < -0.4 is 10.1 Å². The average Bonchev–Trinajstić information content (AvgIpc) is 2.55. The lowest BCUT2D eigenvalue weighted by Crippen LogP contribution is -2.09. The fourth-order valence-corrected chi connectivity index (χ4v) is 2.51. The van der Waals surface area contributed by atoms with Gasteiger partial charge in [0, 0.05) is 23.2 Å². The molecule has 0 bridgehead atoms. The fraction of sp³-hybridized carbons (Fsp3) is 0.250. The maximum atomic E-state index is 5.86. The molecule has 0 atom stereocenters. The van der Waals surface area contributed by atoms with Gasteiger partial charge in [-0.2, -0.15) is 0 Å². The molecule has 23 heavy (non-hydrogen) atoms. The molecule has 0 amide bonds. The second-order valence-electron chi connectivity index (χ2n) is 5.96. The van der Waals surface area contributed by atoms with Gasteiger partial charge in [-0.3, -0.25) is 0 Å². The smallest absolute Gasteiger partial charge is 0.219 e. The summed E-state index contributed by atoms with van der Waals surface area (Å²) in [6.45, 7) is 6.39. The molecule has 118 valence electrons. The Bertz CT molecular complexity index is 794. The number of pyridine rings is 1. The van der Waals surface area contributed by atoms with Crippen molar-refractivity contribution in [1.29, 1.82) is 0 Å². The third-order valence-corrected chi connectivity index (χ3v) is 3.67. The van der Waals surface area contributed by atoms with E-state index < -0.39 is 0 Å². The first-order chi connectivity index (χ1) is 11.1. The number of fused-ring (bicyclic) bond motifs is 1. The highest BCUT2D eigenvalue weighted by molar-refractivity contribution is 5.79. The first-order valence-corrected chi connectivity index (χ1v) is 8.08. The molecule has 0 spiro atoms. The molecule has 3 aromatic rings. The van der Waals surface area contributed by atoms with E-state index in [0.717, 1.165) is 28.8 Å². The number of rotatable bonds is 5. The minimum atomic E-state index is 0.414. The van der Waals surface area contributed by atoms with Crippen LogP contribution in [0.15, 0.2) is 54.6 Å². The molecule has 0 unspecified atom stereocenters. The largest absolute Gasteiger partial charge is 0.439 e. The summed E-state index contributed by atoms with van der Waals surface area (Å²) in [4.78, 5) is 4.58. The summed E-state index contributed by atoms with van der Waals surface area (Å²) in [6, 6.07) is 18.7. The Balaban J connectivity index is 1.78. The number of ether oxygens (including phenoxy) is 1. The molecule has 2 aromatic carbocycles. The van der Waals surface area contributed by atoms with E-state index >= 15 is 0 Å². The molecule has 1 heterocycles. The highest BCUT2D eigenvalue weighted by Gasteiger charge is 2.03. The van der Waals surface area contributed by atoms with Gasteiger partial charge in [-0.05, 0) is 68.3 Å². The minimum absolute atomic E-state index is 0.414. The number of aryl methyl sites for hydroxylation is 1. The van der Waals surface area contributed by atoms with Crippen molar-refractivity contribution >= 4 is 16.6 Å². The van der Waals surface area contributed by atoms with Gasteiger partial charge in [-0.25, -0.2) is 4.98 Å². The molecule has 0 aliphatic heterocycles. The van der Waals surface area contributed by atoms with Gasteiger partial charge in [0.15, 0.2) is 0 Å². The minimum Gasteiger partial charge on any atom is -0.439 e. The number of nitrogens with zero attached hydrogens (tertiary/aromatic N) is 1. The molecule has 0 fully saturated rings. The Hall–Kier alpha value is -2.55. The average molecular weight is 306 g/mol. The van der Waals surface area contributed by atoms with E-state index in [1.165, 1.54) is 5.56 Å². The van der Waals surface area contributed by atoms with Gasteiger partial charge in [0.1, 0.15) is 5.75 Å². The second kappa shape index (κ2) is 6.69. The van der Waals surface area contributed by atoms with Gasteiger partial charge in [0.25, 0.3) is 0 Å². The summed E-state index contributed by atoms with van der Waals surface area (Å²) in [7, 11) is 0. The van der Waals surface area contributed by atoms with Crippen molar-refractivity contribution in [3.05, 3.63) is 60.2 Å². The van der Waals surface area contributed by atoms with Crippen LogP contribution in [0.1, 0.15) is 26.3 Å². The lowest BCUT2D eigenvalue weighted by molar-refractivity contribution is 0.465. The number of benzene rings is 2. The zero-order valence-corrected chi connectivity index (χ0v) is 13.8. The maximum Gasteiger partial charge on any atom is 0.219 e. The van der Waals surface area contributed by atoms with E-state index in [-0.39, 0.29) is 0 Å². The lowest BCUT2D eigenvalue weighted by atomic mass is 10.1. The van der Waals surface area contributed by atoms with E-state index in [4.69, 9.17) is 4.74 Å².